The molecular weight excluding hydrogens is 404 g/mol. The van der Waals surface area contributed by atoms with Crippen LogP contribution in [0.4, 0.5) is 11.4 Å². The Hall–Kier alpha value is -2.87. The van der Waals surface area contributed by atoms with Crippen molar-refractivity contribution in [2.75, 3.05) is 28.5 Å². The third-order valence-corrected chi connectivity index (χ3v) is 6.96. The lowest BCUT2D eigenvalue weighted by Crippen LogP contribution is -2.25. The van der Waals surface area contributed by atoms with E-state index in [1.165, 1.54) is 16.4 Å². The third-order valence-electron chi connectivity index (χ3n) is 5.09. The van der Waals surface area contributed by atoms with Crippen molar-refractivity contribution in [3.05, 3.63) is 59.2 Å². The molecule has 160 valence electrons. The molecule has 0 spiro atoms. The SMILES string of the molecule is CCc1cccc(CC)c1NC(=O)COC(=O)c1ccc(N2CCCS2(=O)=O)cc1. The van der Waals surface area contributed by atoms with Gasteiger partial charge < -0.3 is 10.1 Å². The Morgan fingerprint density at radius 1 is 1.03 bits per heavy atom. The van der Waals surface area contributed by atoms with Gasteiger partial charge in [0.15, 0.2) is 6.61 Å². The van der Waals surface area contributed by atoms with Crippen LogP contribution in [-0.4, -0.2) is 39.2 Å². The van der Waals surface area contributed by atoms with E-state index in [1.54, 1.807) is 12.1 Å². The average Bonchev–Trinajstić information content (AvgIpc) is 3.11. The van der Waals surface area contributed by atoms with Gasteiger partial charge in [-0.1, -0.05) is 32.0 Å². The molecule has 0 bridgehead atoms. The van der Waals surface area contributed by atoms with Crippen LogP contribution in [0, 0.1) is 0 Å². The van der Waals surface area contributed by atoms with E-state index in [-0.39, 0.29) is 11.3 Å². The summed E-state index contributed by atoms with van der Waals surface area (Å²) in [7, 11) is -3.27. The molecule has 8 heteroatoms. The number of aryl methyl sites for hydroxylation is 2. The van der Waals surface area contributed by atoms with Crippen molar-refractivity contribution in [3.8, 4) is 0 Å². The number of rotatable bonds is 7. The molecule has 30 heavy (non-hydrogen) atoms. The van der Waals surface area contributed by atoms with Gasteiger partial charge in [-0.3, -0.25) is 9.10 Å². The van der Waals surface area contributed by atoms with Gasteiger partial charge in [0.1, 0.15) is 0 Å². The Bertz CT molecular complexity index is 1010. The maximum atomic E-state index is 12.3. The van der Waals surface area contributed by atoms with E-state index in [4.69, 9.17) is 4.74 Å². The lowest BCUT2D eigenvalue weighted by molar-refractivity contribution is -0.119. The molecular formula is C22H26N2O5S. The molecule has 0 radical (unpaired) electrons. The Labute approximate surface area is 177 Å². The van der Waals surface area contributed by atoms with Crippen molar-refractivity contribution in [2.24, 2.45) is 0 Å². The molecule has 0 aromatic heterocycles. The first-order chi connectivity index (χ1) is 14.4. The summed E-state index contributed by atoms with van der Waals surface area (Å²) >= 11 is 0. The van der Waals surface area contributed by atoms with Gasteiger partial charge in [-0.05, 0) is 54.7 Å². The number of nitrogens with one attached hydrogen (secondary N) is 1. The van der Waals surface area contributed by atoms with Gasteiger partial charge in [-0.25, -0.2) is 13.2 Å². The first-order valence-corrected chi connectivity index (χ1v) is 11.6. The zero-order chi connectivity index (χ0) is 21.7. The minimum atomic E-state index is -3.27. The van der Waals surface area contributed by atoms with E-state index in [2.05, 4.69) is 5.32 Å². The number of amides is 1. The molecule has 1 saturated heterocycles. The first kappa shape index (κ1) is 21.8. The van der Waals surface area contributed by atoms with E-state index in [0.717, 1.165) is 29.7 Å². The number of anilines is 2. The number of carbonyl (C=O) groups is 2. The van der Waals surface area contributed by atoms with E-state index in [9.17, 15) is 18.0 Å². The quantitative estimate of drug-likeness (QED) is 0.681. The molecule has 1 amide bonds. The molecule has 0 saturated carbocycles. The van der Waals surface area contributed by atoms with Crippen molar-refractivity contribution in [1.29, 1.82) is 0 Å². The van der Waals surface area contributed by atoms with Crippen molar-refractivity contribution in [2.45, 2.75) is 33.1 Å². The maximum Gasteiger partial charge on any atom is 0.338 e. The zero-order valence-corrected chi connectivity index (χ0v) is 18.0. The minimum absolute atomic E-state index is 0.132. The normalized spacial score (nSPS) is 15.1. The number of sulfonamides is 1. The summed E-state index contributed by atoms with van der Waals surface area (Å²) in [6.45, 7) is 4.07. The number of benzene rings is 2. The van der Waals surface area contributed by atoms with E-state index in [1.807, 2.05) is 32.0 Å². The monoisotopic (exact) mass is 430 g/mol. The van der Waals surface area contributed by atoms with Crippen molar-refractivity contribution >= 4 is 33.3 Å². The van der Waals surface area contributed by atoms with Gasteiger partial charge in [0.2, 0.25) is 10.0 Å². The van der Waals surface area contributed by atoms with Crippen LogP contribution in [0.25, 0.3) is 0 Å². The lowest BCUT2D eigenvalue weighted by Gasteiger charge is -2.17. The van der Waals surface area contributed by atoms with Gasteiger partial charge in [0.25, 0.3) is 5.91 Å². The Kier molecular flexibility index (Phi) is 6.77. The fourth-order valence-electron chi connectivity index (χ4n) is 3.49. The minimum Gasteiger partial charge on any atom is -0.452 e. The summed E-state index contributed by atoms with van der Waals surface area (Å²) < 4.78 is 30.5. The van der Waals surface area contributed by atoms with Crippen LogP contribution in [0.3, 0.4) is 0 Å². The summed E-state index contributed by atoms with van der Waals surface area (Å²) in [6, 6.07) is 12.0. The maximum absolute atomic E-state index is 12.3. The van der Waals surface area contributed by atoms with E-state index in [0.29, 0.717) is 18.7 Å². The standard InChI is InChI=1S/C22H26N2O5S/c1-3-16-7-5-8-17(4-2)21(16)23-20(25)15-29-22(26)18-9-11-19(12-10-18)24-13-6-14-30(24,27)28/h5,7-12H,3-4,6,13-15H2,1-2H3,(H,23,25). The molecule has 2 aromatic carbocycles. The highest BCUT2D eigenvalue weighted by Gasteiger charge is 2.28. The van der Waals surface area contributed by atoms with Gasteiger partial charge >= 0.3 is 5.97 Å². The molecule has 7 nitrogen and oxygen atoms in total. The summed E-state index contributed by atoms with van der Waals surface area (Å²) in [6.07, 6.45) is 2.15. The zero-order valence-electron chi connectivity index (χ0n) is 17.2. The predicted octanol–water partition coefficient (Wildman–Crippen LogP) is 3.15. The van der Waals surface area contributed by atoms with Gasteiger partial charge in [-0.15, -0.1) is 0 Å². The van der Waals surface area contributed by atoms with Crippen LogP contribution in [0.5, 0.6) is 0 Å². The van der Waals surface area contributed by atoms with Gasteiger partial charge in [-0.2, -0.15) is 0 Å². The highest BCUT2D eigenvalue weighted by molar-refractivity contribution is 7.93. The largest absolute Gasteiger partial charge is 0.452 e. The van der Waals surface area contributed by atoms with Crippen LogP contribution >= 0.6 is 0 Å². The Morgan fingerprint density at radius 2 is 1.67 bits per heavy atom. The van der Waals surface area contributed by atoms with Crippen LogP contribution in [0.1, 0.15) is 41.8 Å². The number of carbonyl (C=O) groups excluding carboxylic acids is 2. The second-order valence-corrected chi connectivity index (χ2v) is 9.08. The van der Waals surface area contributed by atoms with Gasteiger partial charge in [0, 0.05) is 12.2 Å². The number of esters is 1. The highest BCUT2D eigenvalue weighted by Crippen LogP contribution is 2.25. The summed E-state index contributed by atoms with van der Waals surface area (Å²) in [4.78, 5) is 24.6. The molecule has 1 aliphatic rings. The fourth-order valence-corrected chi connectivity index (χ4v) is 5.05. The van der Waals surface area contributed by atoms with E-state index >= 15 is 0 Å². The number of nitrogens with zero attached hydrogens (tertiary/aromatic N) is 1. The molecule has 2 aromatic rings. The third kappa shape index (κ3) is 4.81. The van der Waals surface area contributed by atoms with Crippen LogP contribution < -0.4 is 9.62 Å². The van der Waals surface area contributed by atoms with E-state index < -0.39 is 28.5 Å². The molecule has 1 heterocycles. The number of ether oxygens (including phenoxy) is 1. The summed E-state index contributed by atoms with van der Waals surface area (Å²) in [5.74, 6) is -0.911. The Morgan fingerprint density at radius 3 is 2.20 bits per heavy atom. The first-order valence-electron chi connectivity index (χ1n) is 10.0. The topological polar surface area (TPSA) is 92.8 Å². The molecule has 3 rings (SSSR count). The van der Waals surface area contributed by atoms with Crippen LogP contribution in [0.15, 0.2) is 42.5 Å². The number of hydrogen-bond donors (Lipinski definition) is 1. The summed E-state index contributed by atoms with van der Waals surface area (Å²) in [5.41, 5.74) is 3.61. The van der Waals surface area contributed by atoms with Crippen molar-refractivity contribution in [1.82, 2.24) is 0 Å². The Balaban J connectivity index is 1.60. The second kappa shape index (κ2) is 9.30. The fraction of sp³-hybridized carbons (Fsp3) is 0.364. The predicted molar refractivity (Wildman–Crippen MR) is 116 cm³/mol. The van der Waals surface area contributed by atoms with Crippen molar-refractivity contribution in [3.63, 3.8) is 0 Å². The van der Waals surface area contributed by atoms with Gasteiger partial charge in [0.05, 0.1) is 17.0 Å². The number of hydrogen-bond acceptors (Lipinski definition) is 5. The van der Waals surface area contributed by atoms with Crippen LogP contribution in [-0.2, 0) is 32.4 Å². The molecule has 0 unspecified atom stereocenters. The molecule has 1 aliphatic heterocycles. The lowest BCUT2D eigenvalue weighted by atomic mass is 10.0. The van der Waals surface area contributed by atoms with Crippen LogP contribution in [0.2, 0.25) is 0 Å². The molecule has 0 aliphatic carbocycles. The summed E-state index contributed by atoms with van der Waals surface area (Å²) in [5, 5.41) is 2.85. The molecule has 1 N–H and O–H groups in total. The number of para-hydroxylation sites is 1. The molecule has 0 atom stereocenters. The highest BCUT2D eigenvalue weighted by atomic mass is 32.2. The smallest absolute Gasteiger partial charge is 0.338 e. The average molecular weight is 431 g/mol. The molecule has 1 fully saturated rings. The van der Waals surface area contributed by atoms with Crippen molar-refractivity contribution < 1.29 is 22.7 Å². The second-order valence-electron chi connectivity index (χ2n) is 7.07.